The molecule has 2 fully saturated rings. The van der Waals surface area contributed by atoms with E-state index in [0.717, 1.165) is 64.2 Å². The summed E-state index contributed by atoms with van der Waals surface area (Å²) in [6.07, 6.45) is 1.60. The van der Waals surface area contributed by atoms with E-state index < -0.39 is 64.9 Å². The number of nitrogens with zero attached hydrogens (tertiary/aromatic N) is 5. The van der Waals surface area contributed by atoms with Crippen molar-refractivity contribution in [3.05, 3.63) is 117 Å². The van der Waals surface area contributed by atoms with E-state index in [1.807, 2.05) is 0 Å². The molecule has 3 aromatic carbocycles. The lowest BCUT2D eigenvalue weighted by atomic mass is 9.72. The molecule has 368 valence electrons. The first-order chi connectivity index (χ1) is 32.5. The lowest BCUT2D eigenvalue weighted by molar-refractivity contribution is -0.384. The monoisotopic (exact) mass is 1010 g/mol. The number of sulfone groups is 1. The van der Waals surface area contributed by atoms with Crippen LogP contribution in [-0.2, 0) is 30.8 Å². The van der Waals surface area contributed by atoms with Gasteiger partial charge in [0.25, 0.3) is 5.69 Å². The fourth-order valence-corrected chi connectivity index (χ4v) is 11.6. The Morgan fingerprint density at radius 1 is 1.03 bits per heavy atom. The van der Waals surface area contributed by atoms with Crippen molar-refractivity contribution in [3.8, 4) is 11.5 Å². The van der Waals surface area contributed by atoms with Gasteiger partial charge in [-0.3, -0.25) is 19.8 Å². The third-order valence-corrected chi connectivity index (χ3v) is 15.9. The molecule has 2 aromatic heterocycles. The number of pyridine rings is 1. The Bertz CT molecular complexity index is 3050. The molecule has 3 aliphatic rings. The Kier molecular flexibility index (Phi) is 14.2. The average Bonchev–Trinajstić information content (AvgIpc) is 3.76. The number of ether oxygens (including phenoxy) is 2. The van der Waals surface area contributed by atoms with E-state index in [0.29, 0.717) is 62.5 Å². The highest BCUT2D eigenvalue weighted by Crippen LogP contribution is 2.46. The summed E-state index contributed by atoms with van der Waals surface area (Å²) in [5, 5.41) is 15.8. The summed E-state index contributed by atoms with van der Waals surface area (Å²) in [7, 11) is -8.13. The number of carbonyl (C=O) groups is 1. The molecule has 2 saturated heterocycles. The van der Waals surface area contributed by atoms with Crippen molar-refractivity contribution in [3.63, 3.8) is 0 Å². The normalized spacial score (nSPS) is 18.7. The van der Waals surface area contributed by atoms with Gasteiger partial charge < -0.3 is 24.7 Å². The number of aromatic amines is 1. The summed E-state index contributed by atoms with van der Waals surface area (Å²) in [5.41, 5.74) is 2.46. The number of rotatable bonds is 15. The minimum Gasteiger partial charge on any atom is -0.455 e. The van der Waals surface area contributed by atoms with Gasteiger partial charge in [-0.1, -0.05) is 37.1 Å². The number of fused-ring (bicyclic) bond motifs is 1. The van der Waals surface area contributed by atoms with E-state index in [9.17, 15) is 44.9 Å². The number of nitro groups is 1. The van der Waals surface area contributed by atoms with E-state index in [-0.39, 0.29) is 52.9 Å². The number of carbonyl (C=O) groups excluding carboxylic acids is 1. The molecule has 0 spiro atoms. The van der Waals surface area contributed by atoms with E-state index in [1.54, 1.807) is 30.5 Å². The van der Waals surface area contributed by atoms with Crippen molar-refractivity contribution in [2.75, 3.05) is 74.6 Å². The maximum Gasteiger partial charge on any atom is 0.416 e. The number of nitrogens with one attached hydrogen (secondary N) is 2. The molecule has 1 atom stereocenters. The molecule has 5 aromatic rings. The first kappa shape index (κ1) is 49.8. The lowest BCUT2D eigenvalue weighted by Crippen LogP contribution is -2.49. The van der Waals surface area contributed by atoms with Crippen molar-refractivity contribution in [1.29, 1.82) is 0 Å². The van der Waals surface area contributed by atoms with E-state index in [2.05, 4.69) is 38.9 Å². The minimum atomic E-state index is -4.51. The zero-order valence-electron chi connectivity index (χ0n) is 38.0. The standard InChI is InChI=1S/C47H51ClF3N7O9S2/c1-46(2)13-11-31(38(25-46)36-8-5-32(22-39(36)48)47(49,50)51)28-55-16-18-56(19-17-55)33-6-9-37(43(23-33)67-34-21-30-12-14-52-45(30)54-26-34)42(59)29-69(64,65)35-7-10-40(41(24-35)58(60)61)53-27-44-57(68(3,62)63)15-4-20-66-44/h5-10,12,14,21-24,26,44,53H,4,11,13,15-20,25,27-29H2,1-3H3,(H,52,54). The third-order valence-electron chi connectivity index (χ3n) is 12.7. The first-order valence-electron chi connectivity index (χ1n) is 22.2. The first-order valence-corrected chi connectivity index (χ1v) is 26.1. The van der Waals surface area contributed by atoms with Crippen molar-refractivity contribution >= 4 is 70.9 Å². The molecule has 0 radical (unpaired) electrons. The van der Waals surface area contributed by atoms with Crippen LogP contribution in [0.25, 0.3) is 16.6 Å². The number of hydrogen-bond donors (Lipinski definition) is 2. The van der Waals surface area contributed by atoms with Gasteiger partial charge in [0.15, 0.2) is 15.6 Å². The molecule has 0 bridgehead atoms. The second-order valence-corrected chi connectivity index (χ2v) is 22.6. The summed E-state index contributed by atoms with van der Waals surface area (Å²) >= 11 is 6.53. The molecule has 2 N–H and O–H groups in total. The number of piperazine rings is 1. The number of H-pyrrole nitrogens is 1. The van der Waals surface area contributed by atoms with Crippen LogP contribution in [0.1, 0.15) is 61.0 Å². The number of alkyl halides is 3. The zero-order valence-corrected chi connectivity index (χ0v) is 40.4. The number of ketones is 1. The molecule has 1 unspecified atom stereocenters. The molecular weight excluding hydrogens is 963 g/mol. The molecule has 1 aliphatic carbocycles. The molecule has 0 saturated carbocycles. The molecule has 22 heteroatoms. The largest absolute Gasteiger partial charge is 0.455 e. The number of anilines is 2. The van der Waals surface area contributed by atoms with Gasteiger partial charge in [0.1, 0.15) is 34.8 Å². The number of allylic oxidation sites excluding steroid dienone is 1. The van der Waals surface area contributed by atoms with Gasteiger partial charge in [0.05, 0.1) is 46.5 Å². The molecule has 16 nitrogen and oxygen atoms in total. The van der Waals surface area contributed by atoms with Gasteiger partial charge in [-0.15, -0.1) is 0 Å². The predicted octanol–water partition coefficient (Wildman–Crippen LogP) is 8.80. The maximum absolute atomic E-state index is 14.1. The lowest BCUT2D eigenvalue weighted by Gasteiger charge is -2.39. The highest BCUT2D eigenvalue weighted by molar-refractivity contribution is 7.92. The van der Waals surface area contributed by atoms with Gasteiger partial charge in [-0.25, -0.2) is 21.8 Å². The van der Waals surface area contributed by atoms with Gasteiger partial charge in [0, 0.05) is 73.7 Å². The summed E-state index contributed by atoms with van der Waals surface area (Å²) in [4.78, 5) is 36.8. The van der Waals surface area contributed by atoms with Crippen LogP contribution in [0.5, 0.6) is 11.5 Å². The van der Waals surface area contributed by atoms with Crippen LogP contribution < -0.4 is 15.0 Å². The highest BCUT2D eigenvalue weighted by atomic mass is 35.5. The Balaban J connectivity index is 1.00. The van der Waals surface area contributed by atoms with Gasteiger partial charge in [-0.05, 0) is 90.8 Å². The quantitative estimate of drug-likeness (QED) is 0.0574. The number of aromatic nitrogens is 2. The fourth-order valence-electron chi connectivity index (χ4n) is 9.03. The molecular formula is C47H51ClF3N7O9S2. The van der Waals surface area contributed by atoms with Gasteiger partial charge >= 0.3 is 6.18 Å². The second kappa shape index (κ2) is 19.7. The molecule has 0 amide bonds. The molecule has 69 heavy (non-hydrogen) atoms. The molecule has 8 rings (SSSR count). The molecule has 2 aliphatic heterocycles. The fraction of sp³-hybridized carbons (Fsp3) is 0.404. The molecule has 4 heterocycles. The highest BCUT2D eigenvalue weighted by Gasteiger charge is 2.35. The number of Topliss-reactive ketones (excluding diaryl/α,β-unsaturated/α-hetero) is 1. The van der Waals surface area contributed by atoms with Crippen LogP contribution in [0.2, 0.25) is 5.02 Å². The summed E-state index contributed by atoms with van der Waals surface area (Å²) in [5.74, 6) is -1.53. The van der Waals surface area contributed by atoms with E-state index >= 15 is 0 Å². The van der Waals surface area contributed by atoms with Crippen LogP contribution in [0.4, 0.5) is 30.2 Å². The SMILES string of the molecule is CC1(C)CCC(CN2CCN(c3ccc(C(=O)CS(=O)(=O)c4ccc(NCC5OCCCN5S(C)(=O)=O)c([N+](=O)[O-])c4)c(Oc4cnc5[nH]ccc5c4)c3)CC2)=C(c2ccc(C(F)(F)F)cc2Cl)C1. The smallest absolute Gasteiger partial charge is 0.416 e. The summed E-state index contributed by atoms with van der Waals surface area (Å²) in [6, 6.07) is 15.1. The Hall–Kier alpha value is -5.58. The van der Waals surface area contributed by atoms with E-state index in [1.165, 1.54) is 24.4 Å². The van der Waals surface area contributed by atoms with Crippen LogP contribution >= 0.6 is 11.6 Å². The van der Waals surface area contributed by atoms with Crippen molar-refractivity contribution in [1.82, 2.24) is 19.2 Å². The van der Waals surface area contributed by atoms with Crippen LogP contribution in [-0.4, -0.2) is 117 Å². The van der Waals surface area contributed by atoms with Crippen LogP contribution in [0, 0.1) is 15.5 Å². The van der Waals surface area contributed by atoms with Crippen molar-refractivity contribution in [2.45, 2.75) is 56.8 Å². The number of nitro benzene ring substituents is 1. The average molecular weight is 1010 g/mol. The summed E-state index contributed by atoms with van der Waals surface area (Å²) in [6.45, 7) is 7.66. The zero-order chi connectivity index (χ0) is 49.5. The number of halogens is 4. The minimum absolute atomic E-state index is 0.0487. The maximum atomic E-state index is 14.1. The van der Waals surface area contributed by atoms with E-state index in [4.69, 9.17) is 21.1 Å². The number of hydrogen-bond acceptors (Lipinski definition) is 13. The van der Waals surface area contributed by atoms with Crippen molar-refractivity contribution in [2.24, 2.45) is 5.41 Å². The predicted molar refractivity (Wildman–Crippen MR) is 256 cm³/mol. The Labute approximate surface area is 402 Å². The Morgan fingerprint density at radius 2 is 1.80 bits per heavy atom. The summed E-state index contributed by atoms with van der Waals surface area (Å²) < 4.78 is 106. The number of benzene rings is 3. The van der Waals surface area contributed by atoms with Crippen LogP contribution in [0.15, 0.2) is 89.6 Å². The topological polar surface area (TPSA) is 197 Å². The second-order valence-electron chi connectivity index (χ2n) is 18.3. The Morgan fingerprint density at radius 3 is 2.51 bits per heavy atom. The van der Waals surface area contributed by atoms with Crippen LogP contribution in [0.3, 0.4) is 0 Å². The van der Waals surface area contributed by atoms with Gasteiger partial charge in [0.2, 0.25) is 10.0 Å². The van der Waals surface area contributed by atoms with Crippen molar-refractivity contribution < 1.29 is 49.2 Å². The van der Waals surface area contributed by atoms with Gasteiger partial charge in [-0.2, -0.15) is 17.5 Å². The number of sulfonamides is 1. The third kappa shape index (κ3) is 11.6.